The summed E-state index contributed by atoms with van der Waals surface area (Å²) in [4.78, 5) is 15.2. The number of fused-ring (bicyclic) bond motifs is 1. The minimum Gasteiger partial charge on any atom is -0.496 e. The summed E-state index contributed by atoms with van der Waals surface area (Å²) in [6.07, 6.45) is -0.0765. The smallest absolute Gasteiger partial charge is 0.308 e. The highest BCUT2D eigenvalue weighted by atomic mass is 16.5. The molecule has 0 aliphatic rings. The lowest BCUT2D eigenvalue weighted by molar-refractivity contribution is -0.136. The highest BCUT2D eigenvalue weighted by molar-refractivity contribution is 5.88. The molecule has 1 N–H and O–H groups in total. The molecule has 0 amide bonds. The molecule has 0 unspecified atom stereocenters. The van der Waals surface area contributed by atoms with E-state index in [1.807, 2.05) is 24.3 Å². The SMILES string of the molecule is COc1c(CC(=O)O)c(C)nc2ccccc12. The second kappa shape index (κ2) is 4.41. The van der Waals surface area contributed by atoms with Crippen LogP contribution in [0.4, 0.5) is 0 Å². The molecule has 88 valence electrons. The van der Waals surface area contributed by atoms with E-state index in [9.17, 15) is 4.79 Å². The second-order valence-corrected chi connectivity index (χ2v) is 3.80. The molecule has 1 aromatic carbocycles. The second-order valence-electron chi connectivity index (χ2n) is 3.80. The molecule has 2 rings (SSSR count). The Hall–Kier alpha value is -2.10. The number of carboxylic acids is 1. The summed E-state index contributed by atoms with van der Waals surface area (Å²) in [5, 5.41) is 9.74. The van der Waals surface area contributed by atoms with Gasteiger partial charge in [-0.2, -0.15) is 0 Å². The molecular formula is C13H13NO3. The average Bonchev–Trinajstić information content (AvgIpc) is 2.29. The number of pyridine rings is 1. The maximum Gasteiger partial charge on any atom is 0.308 e. The van der Waals surface area contributed by atoms with E-state index in [0.717, 1.165) is 10.9 Å². The Morgan fingerprint density at radius 3 is 2.76 bits per heavy atom. The molecule has 4 heteroatoms. The van der Waals surface area contributed by atoms with E-state index < -0.39 is 5.97 Å². The highest BCUT2D eigenvalue weighted by Gasteiger charge is 2.15. The number of aromatic nitrogens is 1. The number of aryl methyl sites for hydroxylation is 1. The minimum atomic E-state index is -0.886. The van der Waals surface area contributed by atoms with E-state index in [0.29, 0.717) is 17.0 Å². The van der Waals surface area contributed by atoms with Crippen molar-refractivity contribution in [3.63, 3.8) is 0 Å². The first-order chi connectivity index (χ1) is 8.13. The fraction of sp³-hybridized carbons (Fsp3) is 0.231. The van der Waals surface area contributed by atoms with Crippen molar-refractivity contribution in [1.29, 1.82) is 0 Å². The van der Waals surface area contributed by atoms with Crippen LogP contribution in [-0.4, -0.2) is 23.2 Å². The van der Waals surface area contributed by atoms with Gasteiger partial charge in [0.1, 0.15) is 5.75 Å². The number of hydrogen-bond acceptors (Lipinski definition) is 3. The summed E-state index contributed by atoms with van der Waals surface area (Å²) in [6, 6.07) is 7.54. The maximum atomic E-state index is 10.8. The van der Waals surface area contributed by atoms with Crippen LogP contribution in [-0.2, 0) is 11.2 Å². The van der Waals surface area contributed by atoms with Gasteiger partial charge in [0.2, 0.25) is 0 Å². The van der Waals surface area contributed by atoms with Gasteiger partial charge in [-0.1, -0.05) is 12.1 Å². The zero-order valence-corrected chi connectivity index (χ0v) is 9.73. The molecule has 0 bridgehead atoms. The molecule has 1 aromatic heterocycles. The largest absolute Gasteiger partial charge is 0.496 e. The van der Waals surface area contributed by atoms with E-state index >= 15 is 0 Å². The van der Waals surface area contributed by atoms with E-state index in [4.69, 9.17) is 9.84 Å². The summed E-state index contributed by atoms with van der Waals surface area (Å²) in [5.74, 6) is -0.279. The van der Waals surface area contributed by atoms with Crippen molar-refractivity contribution >= 4 is 16.9 Å². The zero-order valence-electron chi connectivity index (χ0n) is 9.73. The first-order valence-corrected chi connectivity index (χ1v) is 5.27. The van der Waals surface area contributed by atoms with E-state index in [1.54, 1.807) is 14.0 Å². The van der Waals surface area contributed by atoms with Crippen molar-refractivity contribution in [2.45, 2.75) is 13.3 Å². The molecule has 1 heterocycles. The molecule has 0 fully saturated rings. The third-order valence-corrected chi connectivity index (χ3v) is 2.68. The number of para-hydroxylation sites is 1. The van der Waals surface area contributed by atoms with Crippen molar-refractivity contribution in [3.8, 4) is 5.75 Å². The van der Waals surface area contributed by atoms with Crippen LogP contribution in [0, 0.1) is 6.92 Å². The van der Waals surface area contributed by atoms with E-state index in [2.05, 4.69) is 4.98 Å². The van der Waals surface area contributed by atoms with Crippen LogP contribution in [0.5, 0.6) is 5.75 Å². The Morgan fingerprint density at radius 2 is 2.12 bits per heavy atom. The quantitative estimate of drug-likeness (QED) is 0.879. The van der Waals surface area contributed by atoms with Gasteiger partial charge in [0.25, 0.3) is 0 Å². The molecule has 2 aromatic rings. The minimum absolute atomic E-state index is 0.0765. The highest BCUT2D eigenvalue weighted by Crippen LogP contribution is 2.30. The van der Waals surface area contributed by atoms with Crippen LogP contribution in [0.15, 0.2) is 24.3 Å². The lowest BCUT2D eigenvalue weighted by Crippen LogP contribution is -2.06. The molecule has 0 atom stereocenters. The van der Waals surface area contributed by atoms with Gasteiger partial charge in [-0.05, 0) is 19.1 Å². The number of methoxy groups -OCH3 is 1. The van der Waals surface area contributed by atoms with Crippen LogP contribution >= 0.6 is 0 Å². The molecule has 17 heavy (non-hydrogen) atoms. The first-order valence-electron chi connectivity index (χ1n) is 5.27. The Bertz CT molecular complexity index is 578. The van der Waals surface area contributed by atoms with E-state index in [1.165, 1.54) is 0 Å². The summed E-state index contributed by atoms with van der Waals surface area (Å²) >= 11 is 0. The summed E-state index contributed by atoms with van der Waals surface area (Å²) in [5.41, 5.74) is 2.15. The van der Waals surface area contributed by atoms with Gasteiger partial charge in [-0.25, -0.2) is 0 Å². The third-order valence-electron chi connectivity index (χ3n) is 2.68. The van der Waals surface area contributed by atoms with Crippen molar-refractivity contribution in [3.05, 3.63) is 35.5 Å². The molecule has 0 spiro atoms. The van der Waals surface area contributed by atoms with Crippen molar-refractivity contribution in [2.24, 2.45) is 0 Å². The molecular weight excluding hydrogens is 218 g/mol. The molecule has 0 aliphatic carbocycles. The van der Waals surface area contributed by atoms with Gasteiger partial charge in [-0.3, -0.25) is 9.78 Å². The fourth-order valence-electron chi connectivity index (χ4n) is 1.93. The number of carboxylic acid groups (broad SMARTS) is 1. The Balaban J connectivity index is 2.73. The summed E-state index contributed by atoms with van der Waals surface area (Å²) in [6.45, 7) is 1.80. The van der Waals surface area contributed by atoms with Crippen LogP contribution in [0.25, 0.3) is 10.9 Å². The van der Waals surface area contributed by atoms with Crippen LogP contribution < -0.4 is 4.74 Å². The monoisotopic (exact) mass is 231 g/mol. The number of carbonyl (C=O) groups is 1. The number of benzene rings is 1. The normalized spacial score (nSPS) is 10.5. The number of ether oxygens (including phenoxy) is 1. The summed E-state index contributed by atoms with van der Waals surface area (Å²) < 4.78 is 5.34. The van der Waals surface area contributed by atoms with Gasteiger partial charge < -0.3 is 9.84 Å². The topological polar surface area (TPSA) is 59.4 Å². The lowest BCUT2D eigenvalue weighted by Gasteiger charge is -2.12. The molecule has 0 radical (unpaired) electrons. The molecule has 0 saturated carbocycles. The van der Waals surface area contributed by atoms with Gasteiger partial charge in [0, 0.05) is 16.6 Å². The first kappa shape index (κ1) is 11.4. The molecule has 0 aliphatic heterocycles. The Kier molecular flexibility index (Phi) is 2.95. The average molecular weight is 231 g/mol. The summed E-state index contributed by atoms with van der Waals surface area (Å²) in [7, 11) is 1.55. The maximum absolute atomic E-state index is 10.8. The standard InChI is InChI=1S/C13H13NO3/c1-8-10(7-12(15)16)13(17-2)9-5-3-4-6-11(9)14-8/h3-6H,7H2,1-2H3,(H,15,16). The van der Waals surface area contributed by atoms with Crippen molar-refractivity contribution in [1.82, 2.24) is 4.98 Å². The molecule has 4 nitrogen and oxygen atoms in total. The van der Waals surface area contributed by atoms with Crippen molar-refractivity contribution in [2.75, 3.05) is 7.11 Å². The van der Waals surface area contributed by atoms with Crippen LogP contribution in [0.1, 0.15) is 11.3 Å². The van der Waals surface area contributed by atoms with Gasteiger partial charge >= 0.3 is 5.97 Å². The van der Waals surface area contributed by atoms with Gasteiger partial charge in [-0.15, -0.1) is 0 Å². The number of aliphatic carboxylic acids is 1. The number of nitrogens with zero attached hydrogens (tertiary/aromatic N) is 1. The number of rotatable bonds is 3. The zero-order chi connectivity index (χ0) is 12.4. The van der Waals surface area contributed by atoms with Crippen molar-refractivity contribution < 1.29 is 14.6 Å². The predicted molar refractivity (Wildman–Crippen MR) is 64.4 cm³/mol. The number of hydrogen-bond donors (Lipinski definition) is 1. The predicted octanol–water partition coefficient (Wildman–Crippen LogP) is 2.18. The Labute approximate surface area is 98.9 Å². The van der Waals surface area contributed by atoms with Gasteiger partial charge in [0.15, 0.2) is 0 Å². The fourth-order valence-corrected chi connectivity index (χ4v) is 1.93. The van der Waals surface area contributed by atoms with Crippen LogP contribution in [0.2, 0.25) is 0 Å². The Morgan fingerprint density at radius 1 is 1.41 bits per heavy atom. The van der Waals surface area contributed by atoms with Gasteiger partial charge in [0.05, 0.1) is 19.0 Å². The van der Waals surface area contributed by atoms with Crippen LogP contribution in [0.3, 0.4) is 0 Å². The molecule has 0 saturated heterocycles. The third kappa shape index (κ3) is 2.06. The van der Waals surface area contributed by atoms with E-state index in [-0.39, 0.29) is 6.42 Å². The lowest BCUT2D eigenvalue weighted by atomic mass is 10.1.